The van der Waals surface area contributed by atoms with Crippen LogP contribution in [0.25, 0.3) is 11.1 Å². The SMILES string of the molecule is CCNC1CCc2c(-c3ccc(OC)c(Cl)c3)cccc21. The highest BCUT2D eigenvalue weighted by atomic mass is 35.5. The van der Waals surface area contributed by atoms with Crippen molar-refractivity contribution in [3.05, 3.63) is 52.5 Å². The van der Waals surface area contributed by atoms with E-state index in [9.17, 15) is 0 Å². The third kappa shape index (κ3) is 2.66. The molecule has 0 heterocycles. The Morgan fingerprint density at radius 3 is 2.86 bits per heavy atom. The van der Waals surface area contributed by atoms with Crippen molar-refractivity contribution in [3.63, 3.8) is 0 Å². The molecule has 0 aromatic heterocycles. The van der Waals surface area contributed by atoms with Crippen molar-refractivity contribution in [1.82, 2.24) is 5.32 Å². The first-order valence-corrected chi connectivity index (χ1v) is 7.81. The Balaban J connectivity index is 2.03. The lowest BCUT2D eigenvalue weighted by atomic mass is 9.96. The van der Waals surface area contributed by atoms with Gasteiger partial charge in [-0.3, -0.25) is 0 Å². The Labute approximate surface area is 131 Å². The number of fused-ring (bicyclic) bond motifs is 1. The van der Waals surface area contributed by atoms with Gasteiger partial charge in [0, 0.05) is 6.04 Å². The molecule has 21 heavy (non-hydrogen) atoms. The number of nitrogens with one attached hydrogen (secondary N) is 1. The van der Waals surface area contributed by atoms with Gasteiger partial charge in [-0.15, -0.1) is 0 Å². The smallest absolute Gasteiger partial charge is 0.137 e. The fourth-order valence-corrected chi connectivity index (χ4v) is 3.47. The highest BCUT2D eigenvalue weighted by molar-refractivity contribution is 6.32. The number of hydrogen-bond donors (Lipinski definition) is 1. The summed E-state index contributed by atoms with van der Waals surface area (Å²) in [5.41, 5.74) is 5.33. The van der Waals surface area contributed by atoms with Crippen LogP contribution in [0.5, 0.6) is 5.75 Å². The van der Waals surface area contributed by atoms with Gasteiger partial charge in [-0.05, 0) is 53.8 Å². The summed E-state index contributed by atoms with van der Waals surface area (Å²) in [6.45, 7) is 3.16. The van der Waals surface area contributed by atoms with Crippen LogP contribution in [-0.2, 0) is 6.42 Å². The molecule has 110 valence electrons. The second-order valence-electron chi connectivity index (χ2n) is 5.37. The molecule has 0 saturated heterocycles. The van der Waals surface area contributed by atoms with Crippen LogP contribution < -0.4 is 10.1 Å². The second-order valence-corrected chi connectivity index (χ2v) is 5.78. The largest absolute Gasteiger partial charge is 0.495 e. The highest BCUT2D eigenvalue weighted by Gasteiger charge is 2.24. The van der Waals surface area contributed by atoms with Gasteiger partial charge in [0.25, 0.3) is 0 Å². The van der Waals surface area contributed by atoms with Crippen molar-refractivity contribution in [1.29, 1.82) is 0 Å². The molecule has 0 fully saturated rings. The van der Waals surface area contributed by atoms with Crippen LogP contribution in [0.4, 0.5) is 0 Å². The van der Waals surface area contributed by atoms with Crippen molar-refractivity contribution >= 4 is 11.6 Å². The minimum absolute atomic E-state index is 0.485. The molecule has 2 nitrogen and oxygen atoms in total. The standard InChI is InChI=1S/C18H20ClNO/c1-3-20-17-9-8-14-13(5-4-6-15(14)17)12-7-10-18(21-2)16(19)11-12/h4-7,10-11,17,20H,3,8-9H2,1-2H3. The molecule has 2 aromatic carbocycles. The molecular formula is C18H20ClNO. The molecule has 0 saturated carbocycles. The van der Waals surface area contributed by atoms with E-state index in [4.69, 9.17) is 16.3 Å². The second kappa shape index (κ2) is 6.08. The van der Waals surface area contributed by atoms with E-state index in [1.807, 2.05) is 12.1 Å². The topological polar surface area (TPSA) is 21.3 Å². The maximum Gasteiger partial charge on any atom is 0.137 e. The summed E-state index contributed by atoms with van der Waals surface area (Å²) in [5, 5.41) is 4.22. The normalized spacial score (nSPS) is 16.8. The van der Waals surface area contributed by atoms with Crippen LogP contribution in [0, 0.1) is 0 Å². The quantitative estimate of drug-likeness (QED) is 0.890. The van der Waals surface area contributed by atoms with Gasteiger partial charge in [0.15, 0.2) is 0 Å². The average molecular weight is 302 g/mol. The number of methoxy groups -OCH3 is 1. The molecule has 0 bridgehead atoms. The Morgan fingerprint density at radius 1 is 1.29 bits per heavy atom. The van der Waals surface area contributed by atoms with Crippen molar-refractivity contribution in [3.8, 4) is 16.9 Å². The number of hydrogen-bond acceptors (Lipinski definition) is 2. The zero-order chi connectivity index (χ0) is 14.8. The van der Waals surface area contributed by atoms with Crippen molar-refractivity contribution < 1.29 is 4.74 Å². The fraction of sp³-hybridized carbons (Fsp3) is 0.333. The van der Waals surface area contributed by atoms with Crippen molar-refractivity contribution in [2.45, 2.75) is 25.8 Å². The number of rotatable bonds is 4. The Morgan fingerprint density at radius 2 is 2.14 bits per heavy atom. The lowest BCUT2D eigenvalue weighted by Gasteiger charge is -2.14. The maximum absolute atomic E-state index is 6.27. The zero-order valence-corrected chi connectivity index (χ0v) is 13.2. The lowest BCUT2D eigenvalue weighted by molar-refractivity contribution is 0.415. The van der Waals surface area contributed by atoms with Crippen LogP contribution in [-0.4, -0.2) is 13.7 Å². The van der Waals surface area contributed by atoms with E-state index >= 15 is 0 Å². The zero-order valence-electron chi connectivity index (χ0n) is 12.4. The number of benzene rings is 2. The molecule has 1 unspecified atom stereocenters. The summed E-state index contributed by atoms with van der Waals surface area (Å²) in [7, 11) is 1.64. The summed E-state index contributed by atoms with van der Waals surface area (Å²) in [5.74, 6) is 0.721. The van der Waals surface area contributed by atoms with Crippen molar-refractivity contribution in [2.75, 3.05) is 13.7 Å². The molecule has 3 heteroatoms. The molecule has 0 aliphatic heterocycles. The van der Waals surface area contributed by atoms with Crippen LogP contribution in [0.1, 0.15) is 30.5 Å². The maximum atomic E-state index is 6.27. The predicted molar refractivity (Wildman–Crippen MR) is 88.2 cm³/mol. The van der Waals surface area contributed by atoms with Gasteiger partial charge >= 0.3 is 0 Å². The van der Waals surface area contributed by atoms with Crippen LogP contribution >= 0.6 is 11.6 Å². The molecule has 0 amide bonds. The summed E-state index contributed by atoms with van der Waals surface area (Å²) in [4.78, 5) is 0. The summed E-state index contributed by atoms with van der Waals surface area (Å²) in [6.07, 6.45) is 2.29. The Kier molecular flexibility index (Phi) is 4.18. The van der Waals surface area contributed by atoms with E-state index in [-0.39, 0.29) is 0 Å². The van der Waals surface area contributed by atoms with E-state index in [0.717, 1.165) is 24.3 Å². The molecule has 0 radical (unpaired) electrons. The molecule has 1 atom stereocenters. The summed E-state index contributed by atoms with van der Waals surface area (Å²) >= 11 is 6.27. The lowest BCUT2D eigenvalue weighted by Crippen LogP contribution is -2.18. The first-order valence-electron chi connectivity index (χ1n) is 7.43. The fourth-order valence-electron chi connectivity index (χ4n) is 3.22. The monoisotopic (exact) mass is 301 g/mol. The third-order valence-electron chi connectivity index (χ3n) is 4.18. The number of ether oxygens (including phenoxy) is 1. The minimum Gasteiger partial charge on any atom is -0.495 e. The van der Waals surface area contributed by atoms with Gasteiger partial charge in [-0.1, -0.05) is 42.8 Å². The third-order valence-corrected chi connectivity index (χ3v) is 4.48. The highest BCUT2D eigenvalue weighted by Crippen LogP contribution is 2.39. The van der Waals surface area contributed by atoms with Gasteiger partial charge in [0.1, 0.15) is 5.75 Å². The van der Waals surface area contributed by atoms with Gasteiger partial charge in [0.05, 0.1) is 12.1 Å². The Hall–Kier alpha value is -1.51. The van der Waals surface area contributed by atoms with E-state index < -0.39 is 0 Å². The molecule has 1 N–H and O–H groups in total. The molecule has 0 spiro atoms. The van der Waals surface area contributed by atoms with E-state index in [1.54, 1.807) is 7.11 Å². The molecule has 1 aliphatic rings. The van der Waals surface area contributed by atoms with Gasteiger partial charge < -0.3 is 10.1 Å². The summed E-state index contributed by atoms with van der Waals surface area (Å²) in [6, 6.07) is 13.1. The molecular weight excluding hydrogens is 282 g/mol. The van der Waals surface area contributed by atoms with Gasteiger partial charge in [-0.2, -0.15) is 0 Å². The van der Waals surface area contributed by atoms with Crippen LogP contribution in [0.15, 0.2) is 36.4 Å². The van der Waals surface area contributed by atoms with Gasteiger partial charge in [0.2, 0.25) is 0 Å². The average Bonchev–Trinajstić information content (AvgIpc) is 2.91. The van der Waals surface area contributed by atoms with Crippen LogP contribution in [0.3, 0.4) is 0 Å². The molecule has 1 aliphatic carbocycles. The molecule has 3 rings (SSSR count). The number of halogens is 1. The van der Waals surface area contributed by atoms with Gasteiger partial charge in [-0.25, -0.2) is 0 Å². The minimum atomic E-state index is 0.485. The first-order chi connectivity index (χ1) is 10.2. The Bertz CT molecular complexity index is 654. The van der Waals surface area contributed by atoms with Crippen molar-refractivity contribution in [2.24, 2.45) is 0 Å². The van der Waals surface area contributed by atoms with E-state index in [0.29, 0.717) is 11.1 Å². The first kappa shape index (κ1) is 14.4. The van der Waals surface area contributed by atoms with Crippen LogP contribution in [0.2, 0.25) is 5.02 Å². The predicted octanol–water partition coefficient (Wildman–Crippen LogP) is 4.61. The van der Waals surface area contributed by atoms with E-state index in [1.165, 1.54) is 23.1 Å². The van der Waals surface area contributed by atoms with E-state index in [2.05, 4.69) is 36.5 Å². The summed E-state index contributed by atoms with van der Waals surface area (Å²) < 4.78 is 5.24. The molecule has 2 aromatic rings.